The number of aryl methyl sites for hydroxylation is 1. The second-order valence-electron chi connectivity index (χ2n) is 5.49. The molecule has 1 saturated heterocycles. The van der Waals surface area contributed by atoms with Gasteiger partial charge < -0.3 is 9.80 Å². The highest BCUT2D eigenvalue weighted by Crippen LogP contribution is 2.13. The highest BCUT2D eigenvalue weighted by atomic mass is 32.1. The Morgan fingerprint density at radius 1 is 1.09 bits per heavy atom. The van der Waals surface area contributed by atoms with Crippen molar-refractivity contribution in [1.29, 1.82) is 0 Å². The fraction of sp³-hybridized carbons (Fsp3) is 0.353. The minimum atomic E-state index is -0.0104. The molecule has 0 unspecified atom stereocenters. The van der Waals surface area contributed by atoms with E-state index >= 15 is 0 Å². The summed E-state index contributed by atoms with van der Waals surface area (Å²) in [6.07, 6.45) is 4.57. The Bertz CT molecular complexity index is 650. The molecule has 0 bridgehead atoms. The van der Waals surface area contributed by atoms with Crippen LogP contribution in [0.15, 0.2) is 42.0 Å². The number of pyridine rings is 1. The van der Waals surface area contributed by atoms with E-state index in [1.54, 1.807) is 40.8 Å². The van der Waals surface area contributed by atoms with Gasteiger partial charge in [-0.25, -0.2) is 0 Å². The lowest BCUT2D eigenvalue weighted by molar-refractivity contribution is -0.132. The molecule has 0 aromatic carbocycles. The van der Waals surface area contributed by atoms with E-state index in [-0.39, 0.29) is 11.8 Å². The van der Waals surface area contributed by atoms with E-state index in [9.17, 15) is 9.59 Å². The maximum absolute atomic E-state index is 12.3. The number of amides is 2. The van der Waals surface area contributed by atoms with Crippen molar-refractivity contribution >= 4 is 23.2 Å². The number of hydrogen-bond acceptors (Lipinski definition) is 4. The van der Waals surface area contributed by atoms with Crippen molar-refractivity contribution in [3.05, 3.63) is 52.5 Å². The summed E-state index contributed by atoms with van der Waals surface area (Å²) in [6.45, 7) is 2.38. The molecule has 3 heterocycles. The summed E-state index contributed by atoms with van der Waals surface area (Å²) in [6, 6.07) is 7.60. The van der Waals surface area contributed by atoms with E-state index < -0.39 is 0 Å². The molecule has 120 valence electrons. The van der Waals surface area contributed by atoms with Gasteiger partial charge in [-0.15, -0.1) is 11.3 Å². The van der Waals surface area contributed by atoms with Crippen LogP contribution in [0.25, 0.3) is 0 Å². The molecule has 0 atom stereocenters. The Kier molecular flexibility index (Phi) is 5.02. The Morgan fingerprint density at radius 3 is 2.52 bits per heavy atom. The minimum Gasteiger partial charge on any atom is -0.339 e. The number of carbonyl (C=O) groups excluding carboxylic acids is 2. The standard InChI is InChI=1S/C17H19N3O2S/c21-16(6-5-15-4-2-12-23-15)19-8-10-20(11-9-19)17(22)14-3-1-7-18-13-14/h1-4,7,12-13H,5-6,8-11H2. The van der Waals surface area contributed by atoms with E-state index in [4.69, 9.17) is 0 Å². The van der Waals surface area contributed by atoms with Gasteiger partial charge in [0.25, 0.3) is 5.91 Å². The predicted molar refractivity (Wildman–Crippen MR) is 89.4 cm³/mol. The van der Waals surface area contributed by atoms with Gasteiger partial charge in [0.15, 0.2) is 0 Å². The van der Waals surface area contributed by atoms with Crippen molar-refractivity contribution in [2.24, 2.45) is 0 Å². The molecule has 0 aliphatic carbocycles. The second kappa shape index (κ2) is 7.37. The maximum Gasteiger partial charge on any atom is 0.255 e. The third-order valence-corrected chi connectivity index (χ3v) is 4.93. The maximum atomic E-state index is 12.3. The third-order valence-electron chi connectivity index (χ3n) is 3.99. The molecule has 1 aliphatic heterocycles. The normalized spacial score (nSPS) is 14.8. The summed E-state index contributed by atoms with van der Waals surface area (Å²) < 4.78 is 0. The van der Waals surface area contributed by atoms with Crippen LogP contribution in [0.5, 0.6) is 0 Å². The highest BCUT2D eigenvalue weighted by Gasteiger charge is 2.24. The van der Waals surface area contributed by atoms with Gasteiger partial charge in [-0.3, -0.25) is 14.6 Å². The first-order valence-electron chi connectivity index (χ1n) is 7.73. The quantitative estimate of drug-likeness (QED) is 0.863. The van der Waals surface area contributed by atoms with Gasteiger partial charge in [-0.1, -0.05) is 6.07 Å². The SMILES string of the molecule is O=C(CCc1cccs1)N1CCN(C(=O)c2cccnc2)CC1. The van der Waals surface area contributed by atoms with Crippen molar-refractivity contribution in [3.8, 4) is 0 Å². The number of thiophene rings is 1. The minimum absolute atomic E-state index is 0.0104. The van der Waals surface area contributed by atoms with Crippen molar-refractivity contribution < 1.29 is 9.59 Å². The van der Waals surface area contributed by atoms with Crippen molar-refractivity contribution in [2.75, 3.05) is 26.2 Å². The molecule has 1 aliphatic rings. The van der Waals surface area contributed by atoms with Crippen LogP contribution in [-0.2, 0) is 11.2 Å². The molecule has 0 saturated carbocycles. The van der Waals surface area contributed by atoms with Gasteiger partial charge in [0.05, 0.1) is 5.56 Å². The van der Waals surface area contributed by atoms with Crippen LogP contribution >= 0.6 is 11.3 Å². The topological polar surface area (TPSA) is 53.5 Å². The van der Waals surface area contributed by atoms with Gasteiger partial charge in [0, 0.05) is 49.9 Å². The molecule has 5 nitrogen and oxygen atoms in total. The zero-order chi connectivity index (χ0) is 16.1. The summed E-state index contributed by atoms with van der Waals surface area (Å²) in [5, 5.41) is 2.03. The Morgan fingerprint density at radius 2 is 1.87 bits per heavy atom. The predicted octanol–water partition coefficient (Wildman–Crippen LogP) is 2.06. The summed E-state index contributed by atoms with van der Waals surface area (Å²) in [5.41, 5.74) is 0.602. The second-order valence-corrected chi connectivity index (χ2v) is 6.53. The van der Waals surface area contributed by atoms with Crippen LogP contribution in [0.4, 0.5) is 0 Å². The summed E-state index contributed by atoms with van der Waals surface area (Å²) in [5.74, 6) is 0.163. The molecular weight excluding hydrogens is 310 g/mol. The van der Waals surface area contributed by atoms with Gasteiger partial charge in [0.1, 0.15) is 0 Å². The summed E-state index contributed by atoms with van der Waals surface area (Å²) >= 11 is 1.68. The Hall–Kier alpha value is -2.21. The number of aromatic nitrogens is 1. The van der Waals surface area contributed by atoms with E-state index in [0.717, 1.165) is 6.42 Å². The molecule has 0 spiro atoms. The lowest BCUT2D eigenvalue weighted by atomic mass is 10.2. The van der Waals surface area contributed by atoms with Gasteiger partial charge in [0.2, 0.25) is 5.91 Å². The van der Waals surface area contributed by atoms with Crippen LogP contribution in [0, 0.1) is 0 Å². The molecule has 6 heteroatoms. The number of hydrogen-bond donors (Lipinski definition) is 0. The number of rotatable bonds is 4. The first-order chi connectivity index (χ1) is 11.2. The van der Waals surface area contributed by atoms with Crippen molar-refractivity contribution in [3.63, 3.8) is 0 Å². The van der Waals surface area contributed by atoms with Gasteiger partial charge >= 0.3 is 0 Å². The van der Waals surface area contributed by atoms with Crippen LogP contribution in [0.1, 0.15) is 21.7 Å². The lowest BCUT2D eigenvalue weighted by Gasteiger charge is -2.34. The Balaban J connectivity index is 1.48. The molecule has 2 aromatic rings. The van der Waals surface area contributed by atoms with Crippen LogP contribution < -0.4 is 0 Å². The average Bonchev–Trinajstić information content (AvgIpc) is 3.13. The average molecular weight is 329 g/mol. The van der Waals surface area contributed by atoms with E-state index in [1.807, 2.05) is 16.3 Å². The van der Waals surface area contributed by atoms with Crippen molar-refractivity contribution in [2.45, 2.75) is 12.8 Å². The van der Waals surface area contributed by atoms with E-state index in [0.29, 0.717) is 38.2 Å². The van der Waals surface area contributed by atoms with Crippen LogP contribution in [0.2, 0.25) is 0 Å². The Labute approximate surface area is 139 Å². The summed E-state index contributed by atoms with van der Waals surface area (Å²) in [7, 11) is 0. The van der Waals surface area contributed by atoms with Crippen LogP contribution in [0.3, 0.4) is 0 Å². The zero-order valence-corrected chi connectivity index (χ0v) is 13.7. The number of carbonyl (C=O) groups is 2. The smallest absolute Gasteiger partial charge is 0.255 e. The van der Waals surface area contributed by atoms with Gasteiger partial charge in [-0.2, -0.15) is 0 Å². The fourth-order valence-corrected chi connectivity index (χ4v) is 3.38. The number of nitrogens with zero attached hydrogens (tertiary/aromatic N) is 3. The third kappa shape index (κ3) is 3.96. The molecule has 0 N–H and O–H groups in total. The monoisotopic (exact) mass is 329 g/mol. The largest absolute Gasteiger partial charge is 0.339 e. The molecule has 2 amide bonds. The van der Waals surface area contributed by atoms with Gasteiger partial charge in [-0.05, 0) is 30.0 Å². The highest BCUT2D eigenvalue weighted by molar-refractivity contribution is 7.09. The molecule has 3 rings (SSSR count). The van der Waals surface area contributed by atoms with E-state index in [2.05, 4.69) is 11.1 Å². The molecule has 0 radical (unpaired) electrons. The molecule has 2 aromatic heterocycles. The fourth-order valence-electron chi connectivity index (χ4n) is 2.67. The zero-order valence-electron chi connectivity index (χ0n) is 12.9. The van der Waals surface area contributed by atoms with E-state index in [1.165, 1.54) is 4.88 Å². The first-order valence-corrected chi connectivity index (χ1v) is 8.61. The number of piperazine rings is 1. The lowest BCUT2D eigenvalue weighted by Crippen LogP contribution is -2.50. The molecule has 1 fully saturated rings. The summed E-state index contributed by atoms with van der Waals surface area (Å²) in [4.78, 5) is 33.5. The van der Waals surface area contributed by atoms with Crippen molar-refractivity contribution in [1.82, 2.24) is 14.8 Å². The van der Waals surface area contributed by atoms with Crippen LogP contribution in [-0.4, -0.2) is 52.8 Å². The molecular formula is C17H19N3O2S. The molecule has 23 heavy (non-hydrogen) atoms. The first kappa shape index (κ1) is 15.7.